The van der Waals surface area contributed by atoms with Gasteiger partial charge in [0.25, 0.3) is 0 Å². The highest BCUT2D eigenvalue weighted by molar-refractivity contribution is 5.90. The molecule has 0 radical (unpaired) electrons. The molecule has 0 saturated carbocycles. The van der Waals surface area contributed by atoms with Crippen LogP contribution in [0.25, 0.3) is 0 Å². The molecule has 0 fully saturated rings. The van der Waals surface area contributed by atoms with Crippen molar-refractivity contribution in [3.8, 4) is 5.75 Å². The smallest absolute Gasteiger partial charge is 0.338 e. The first kappa shape index (κ1) is 27.3. The van der Waals surface area contributed by atoms with Gasteiger partial charge in [-0.1, -0.05) is 24.3 Å². The Balaban J connectivity index is 1.65. The first-order valence-electron chi connectivity index (χ1n) is 11.4. The van der Waals surface area contributed by atoms with Gasteiger partial charge in [0.15, 0.2) is 6.79 Å². The molecule has 8 nitrogen and oxygen atoms in total. The van der Waals surface area contributed by atoms with Crippen LogP contribution in [0.1, 0.15) is 48.4 Å². The van der Waals surface area contributed by atoms with E-state index in [9.17, 15) is 9.59 Å². The van der Waals surface area contributed by atoms with E-state index in [2.05, 4.69) is 0 Å². The third-order valence-electron chi connectivity index (χ3n) is 4.54. The van der Waals surface area contributed by atoms with Crippen LogP contribution in [0.5, 0.6) is 5.75 Å². The molecule has 0 spiro atoms. The van der Waals surface area contributed by atoms with Crippen LogP contribution in [0.3, 0.4) is 0 Å². The fraction of sp³-hybridized carbons (Fsp3) is 0.462. The third-order valence-corrected chi connectivity index (χ3v) is 4.54. The highest BCUT2D eigenvalue weighted by Gasteiger charge is 2.14. The molecular formula is C26H34O8. The van der Waals surface area contributed by atoms with Crippen LogP contribution in [0, 0.1) is 0 Å². The maximum Gasteiger partial charge on any atom is 0.338 e. The van der Waals surface area contributed by atoms with Crippen LogP contribution in [0.2, 0.25) is 0 Å². The van der Waals surface area contributed by atoms with Crippen molar-refractivity contribution in [2.24, 2.45) is 0 Å². The van der Waals surface area contributed by atoms with E-state index in [0.717, 1.165) is 0 Å². The summed E-state index contributed by atoms with van der Waals surface area (Å²) in [6.45, 7) is 8.73. The Morgan fingerprint density at radius 3 is 2.00 bits per heavy atom. The third kappa shape index (κ3) is 10.3. The normalized spacial score (nSPS) is 13.5. The van der Waals surface area contributed by atoms with E-state index >= 15 is 0 Å². The van der Waals surface area contributed by atoms with Gasteiger partial charge in [-0.3, -0.25) is 0 Å². The van der Waals surface area contributed by atoms with E-state index in [1.54, 1.807) is 62.4 Å². The van der Waals surface area contributed by atoms with Crippen molar-refractivity contribution in [3.63, 3.8) is 0 Å². The first-order chi connectivity index (χ1) is 16.4. The van der Waals surface area contributed by atoms with Gasteiger partial charge >= 0.3 is 11.9 Å². The Morgan fingerprint density at radius 2 is 1.32 bits per heavy atom. The summed E-state index contributed by atoms with van der Waals surface area (Å²) in [6.07, 6.45) is -0.981. The van der Waals surface area contributed by atoms with Crippen molar-refractivity contribution in [2.75, 3.05) is 33.2 Å². The zero-order valence-electron chi connectivity index (χ0n) is 20.2. The Morgan fingerprint density at radius 1 is 0.735 bits per heavy atom. The molecule has 186 valence electrons. The predicted molar refractivity (Wildman–Crippen MR) is 126 cm³/mol. The summed E-state index contributed by atoms with van der Waals surface area (Å²) in [5.41, 5.74) is 0.886. The van der Waals surface area contributed by atoms with Crippen LogP contribution in [0.15, 0.2) is 54.6 Å². The maximum absolute atomic E-state index is 12.3. The monoisotopic (exact) mass is 474 g/mol. The second kappa shape index (κ2) is 15.1. The van der Waals surface area contributed by atoms with E-state index in [1.165, 1.54) is 0 Å². The Kier molecular flexibility index (Phi) is 12.1. The number of carbonyl (C=O) groups is 2. The van der Waals surface area contributed by atoms with Gasteiger partial charge < -0.3 is 28.4 Å². The SMILES string of the molecule is CCOCC(C)OC(=O)c1cccc(OCOC(C)COCC(C)OC(=O)c2ccccc2)c1. The molecule has 0 amide bonds. The van der Waals surface area contributed by atoms with Crippen molar-refractivity contribution in [2.45, 2.75) is 46.0 Å². The van der Waals surface area contributed by atoms with E-state index < -0.39 is 12.1 Å². The summed E-state index contributed by atoms with van der Waals surface area (Å²) in [7, 11) is 0. The maximum atomic E-state index is 12.3. The zero-order valence-corrected chi connectivity index (χ0v) is 20.2. The number of benzene rings is 2. The van der Waals surface area contributed by atoms with Crippen molar-refractivity contribution in [1.82, 2.24) is 0 Å². The topological polar surface area (TPSA) is 89.5 Å². The lowest BCUT2D eigenvalue weighted by atomic mass is 10.2. The molecule has 0 aliphatic heterocycles. The van der Waals surface area contributed by atoms with Gasteiger partial charge in [0.2, 0.25) is 0 Å². The van der Waals surface area contributed by atoms with Crippen LogP contribution in [-0.4, -0.2) is 63.5 Å². The summed E-state index contributed by atoms with van der Waals surface area (Å²) >= 11 is 0. The molecular weight excluding hydrogens is 440 g/mol. The second-order valence-corrected chi connectivity index (χ2v) is 7.76. The van der Waals surface area contributed by atoms with Gasteiger partial charge in [0.1, 0.15) is 18.0 Å². The molecule has 3 atom stereocenters. The number of esters is 2. The lowest BCUT2D eigenvalue weighted by Crippen LogP contribution is -2.25. The fourth-order valence-electron chi connectivity index (χ4n) is 2.81. The summed E-state index contributed by atoms with van der Waals surface area (Å²) in [5.74, 6) is -0.340. The highest BCUT2D eigenvalue weighted by Crippen LogP contribution is 2.15. The number of carbonyl (C=O) groups excluding carboxylic acids is 2. The van der Waals surface area contributed by atoms with Crippen LogP contribution >= 0.6 is 0 Å². The van der Waals surface area contributed by atoms with Crippen molar-refractivity contribution in [3.05, 3.63) is 65.7 Å². The van der Waals surface area contributed by atoms with Gasteiger partial charge in [-0.15, -0.1) is 0 Å². The molecule has 2 aromatic rings. The van der Waals surface area contributed by atoms with Crippen LogP contribution in [-0.2, 0) is 23.7 Å². The second-order valence-electron chi connectivity index (χ2n) is 7.76. The first-order valence-corrected chi connectivity index (χ1v) is 11.4. The number of ether oxygens (including phenoxy) is 6. The average molecular weight is 475 g/mol. The van der Waals surface area contributed by atoms with Gasteiger partial charge in [0, 0.05) is 6.61 Å². The standard InChI is InChI=1S/C26H34O8/c1-5-29-16-20(3)34-26(28)23-12-9-13-24(14-23)32-18-31-19(2)15-30-17-21(4)33-25(27)22-10-7-6-8-11-22/h6-14,19-21H,5,15-18H2,1-4H3. The average Bonchev–Trinajstić information content (AvgIpc) is 2.83. The summed E-state index contributed by atoms with van der Waals surface area (Å²) in [4.78, 5) is 24.3. The molecule has 0 saturated heterocycles. The molecule has 0 heterocycles. The number of hydrogen-bond donors (Lipinski definition) is 0. The van der Waals surface area contributed by atoms with Crippen molar-refractivity contribution < 1.29 is 38.0 Å². The molecule has 8 heteroatoms. The molecule has 0 N–H and O–H groups in total. The van der Waals surface area contributed by atoms with E-state index in [0.29, 0.717) is 36.7 Å². The van der Waals surface area contributed by atoms with Crippen LogP contribution in [0.4, 0.5) is 0 Å². The molecule has 2 aromatic carbocycles. The molecule has 0 bridgehead atoms. The van der Waals surface area contributed by atoms with E-state index in [4.69, 9.17) is 28.4 Å². The van der Waals surface area contributed by atoms with Gasteiger partial charge in [-0.2, -0.15) is 0 Å². The molecule has 34 heavy (non-hydrogen) atoms. The summed E-state index contributed by atoms with van der Waals surface area (Å²) < 4.78 is 32.7. The lowest BCUT2D eigenvalue weighted by Gasteiger charge is -2.17. The molecule has 2 rings (SSSR count). The Labute approximate surface area is 201 Å². The van der Waals surface area contributed by atoms with Gasteiger partial charge in [-0.25, -0.2) is 9.59 Å². The summed E-state index contributed by atoms with van der Waals surface area (Å²) in [6, 6.07) is 15.5. The largest absolute Gasteiger partial charge is 0.468 e. The fourth-order valence-corrected chi connectivity index (χ4v) is 2.81. The van der Waals surface area contributed by atoms with E-state index in [1.807, 2.05) is 19.9 Å². The molecule has 0 aromatic heterocycles. The number of hydrogen-bond acceptors (Lipinski definition) is 8. The van der Waals surface area contributed by atoms with Crippen molar-refractivity contribution >= 4 is 11.9 Å². The van der Waals surface area contributed by atoms with Crippen molar-refractivity contribution in [1.29, 1.82) is 0 Å². The zero-order chi connectivity index (χ0) is 24.8. The Bertz CT molecular complexity index is 870. The minimum absolute atomic E-state index is 0.0116. The Hall–Kier alpha value is -2.94. The highest BCUT2D eigenvalue weighted by atomic mass is 16.7. The van der Waals surface area contributed by atoms with E-state index in [-0.39, 0.29) is 31.6 Å². The number of rotatable bonds is 15. The van der Waals surface area contributed by atoms with Gasteiger partial charge in [0.05, 0.1) is 37.1 Å². The molecule has 3 unspecified atom stereocenters. The minimum Gasteiger partial charge on any atom is -0.468 e. The van der Waals surface area contributed by atoms with Gasteiger partial charge in [-0.05, 0) is 58.0 Å². The predicted octanol–water partition coefficient (Wildman–Crippen LogP) is 4.27. The quantitative estimate of drug-likeness (QED) is 0.279. The lowest BCUT2D eigenvalue weighted by molar-refractivity contribution is -0.0734. The molecule has 0 aliphatic rings. The van der Waals surface area contributed by atoms with Crippen LogP contribution < -0.4 is 4.74 Å². The minimum atomic E-state index is -0.442. The summed E-state index contributed by atoms with van der Waals surface area (Å²) in [5, 5.41) is 0. The molecule has 0 aliphatic carbocycles.